The SMILES string of the molecule is CC[C@H]1CC[C@@H]2C3CC[C@]4(C)C(=O)C(SOc5ccccc5)CC4[C@@H]3CC[C@@H]2C1. The highest BCUT2D eigenvalue weighted by atomic mass is 32.2. The highest BCUT2D eigenvalue weighted by Crippen LogP contribution is 2.62. The monoisotopic (exact) mass is 412 g/mol. The molecule has 0 heterocycles. The van der Waals surface area contributed by atoms with E-state index in [1.807, 2.05) is 30.3 Å². The summed E-state index contributed by atoms with van der Waals surface area (Å²) < 4.78 is 5.95. The first-order chi connectivity index (χ1) is 14.1. The average Bonchev–Trinajstić information content (AvgIpc) is 3.03. The van der Waals surface area contributed by atoms with Gasteiger partial charge in [0.15, 0.2) is 5.78 Å². The normalized spacial score (nSPS) is 43.9. The maximum atomic E-state index is 13.4. The highest BCUT2D eigenvalue weighted by Gasteiger charge is 2.60. The van der Waals surface area contributed by atoms with Crippen LogP contribution in [0.3, 0.4) is 0 Å². The van der Waals surface area contributed by atoms with Gasteiger partial charge in [-0.3, -0.25) is 4.79 Å². The van der Waals surface area contributed by atoms with Crippen LogP contribution in [0.4, 0.5) is 0 Å². The Morgan fingerprint density at radius 2 is 1.79 bits per heavy atom. The molecule has 4 fully saturated rings. The molecular formula is C26H36O2S. The minimum absolute atomic E-state index is 0.0116. The average molecular weight is 413 g/mol. The summed E-state index contributed by atoms with van der Waals surface area (Å²) in [6.07, 6.45) is 12.0. The summed E-state index contributed by atoms with van der Waals surface area (Å²) in [7, 11) is 0. The molecule has 0 amide bonds. The molecule has 3 heteroatoms. The molecule has 4 aliphatic carbocycles. The van der Waals surface area contributed by atoms with E-state index in [0.29, 0.717) is 11.7 Å². The fourth-order valence-electron chi connectivity index (χ4n) is 7.76. The Morgan fingerprint density at radius 1 is 1.00 bits per heavy atom. The zero-order chi connectivity index (χ0) is 20.0. The molecule has 4 saturated carbocycles. The zero-order valence-corrected chi connectivity index (χ0v) is 18.8. The third-order valence-corrected chi connectivity index (χ3v) is 10.3. The molecule has 0 bridgehead atoms. The van der Waals surface area contributed by atoms with Crippen molar-refractivity contribution in [1.82, 2.24) is 0 Å². The number of carbonyl (C=O) groups excluding carboxylic acids is 1. The fraction of sp³-hybridized carbons (Fsp3) is 0.731. The summed E-state index contributed by atoms with van der Waals surface area (Å²) in [5.41, 5.74) is -0.105. The Kier molecular flexibility index (Phi) is 5.47. The molecule has 3 unspecified atom stereocenters. The van der Waals surface area contributed by atoms with Crippen LogP contribution in [0, 0.1) is 40.9 Å². The number of carbonyl (C=O) groups is 1. The van der Waals surface area contributed by atoms with E-state index >= 15 is 0 Å². The Balaban J connectivity index is 1.29. The Morgan fingerprint density at radius 3 is 2.59 bits per heavy atom. The molecule has 5 rings (SSSR count). The van der Waals surface area contributed by atoms with Crippen LogP contribution in [0.15, 0.2) is 30.3 Å². The lowest BCUT2D eigenvalue weighted by Gasteiger charge is -2.54. The molecule has 8 atom stereocenters. The van der Waals surface area contributed by atoms with Gasteiger partial charge in [-0.2, -0.15) is 0 Å². The molecular weight excluding hydrogens is 376 g/mol. The summed E-state index contributed by atoms with van der Waals surface area (Å²) >= 11 is 1.43. The van der Waals surface area contributed by atoms with Crippen LogP contribution in [0.2, 0.25) is 0 Å². The topological polar surface area (TPSA) is 26.3 Å². The van der Waals surface area contributed by atoms with Crippen molar-refractivity contribution in [2.75, 3.05) is 0 Å². The van der Waals surface area contributed by atoms with Crippen LogP contribution in [-0.4, -0.2) is 11.0 Å². The van der Waals surface area contributed by atoms with Crippen LogP contribution >= 0.6 is 12.0 Å². The number of fused-ring (bicyclic) bond motifs is 5. The second kappa shape index (κ2) is 7.94. The van der Waals surface area contributed by atoms with Crippen molar-refractivity contribution in [2.24, 2.45) is 40.9 Å². The third-order valence-electron chi connectivity index (χ3n) is 9.36. The minimum atomic E-state index is -0.105. The van der Waals surface area contributed by atoms with Crippen LogP contribution in [-0.2, 0) is 4.79 Å². The van der Waals surface area contributed by atoms with Crippen molar-refractivity contribution in [1.29, 1.82) is 0 Å². The van der Waals surface area contributed by atoms with E-state index in [0.717, 1.165) is 48.2 Å². The van der Waals surface area contributed by atoms with E-state index in [1.54, 1.807) is 0 Å². The first kappa shape index (κ1) is 20.0. The lowest BCUT2D eigenvalue weighted by molar-refractivity contribution is -0.132. The molecule has 0 aliphatic heterocycles. The molecule has 0 saturated heterocycles. The van der Waals surface area contributed by atoms with Crippen molar-refractivity contribution < 1.29 is 8.98 Å². The summed E-state index contributed by atoms with van der Waals surface area (Å²) in [6.45, 7) is 4.67. The predicted molar refractivity (Wildman–Crippen MR) is 120 cm³/mol. The summed E-state index contributed by atoms with van der Waals surface area (Å²) in [6, 6.07) is 9.93. The molecule has 0 spiro atoms. The summed E-state index contributed by atoms with van der Waals surface area (Å²) in [5.74, 6) is 6.47. The van der Waals surface area contributed by atoms with E-state index in [9.17, 15) is 4.79 Å². The second-order valence-corrected chi connectivity index (χ2v) is 11.5. The molecule has 0 radical (unpaired) electrons. The van der Waals surface area contributed by atoms with Crippen LogP contribution in [0.25, 0.3) is 0 Å². The molecule has 0 N–H and O–H groups in total. The number of ketones is 1. The van der Waals surface area contributed by atoms with Crippen LogP contribution in [0.5, 0.6) is 5.75 Å². The van der Waals surface area contributed by atoms with Crippen molar-refractivity contribution in [3.8, 4) is 5.75 Å². The quantitative estimate of drug-likeness (QED) is 0.501. The molecule has 1 aromatic carbocycles. The largest absolute Gasteiger partial charge is 0.425 e. The maximum absolute atomic E-state index is 13.4. The molecule has 0 aromatic heterocycles. The van der Waals surface area contributed by atoms with Gasteiger partial charge in [-0.15, -0.1) is 0 Å². The van der Waals surface area contributed by atoms with E-state index < -0.39 is 0 Å². The Hall–Kier alpha value is -0.960. The minimum Gasteiger partial charge on any atom is -0.425 e. The van der Waals surface area contributed by atoms with Crippen molar-refractivity contribution in [3.63, 3.8) is 0 Å². The predicted octanol–water partition coefficient (Wildman–Crippen LogP) is 6.94. The summed E-state index contributed by atoms with van der Waals surface area (Å²) in [4.78, 5) is 13.4. The smallest absolute Gasteiger partial charge is 0.155 e. The molecule has 158 valence electrons. The van der Waals surface area contributed by atoms with Gasteiger partial charge in [0.2, 0.25) is 0 Å². The first-order valence-corrected chi connectivity index (χ1v) is 12.8. The van der Waals surface area contributed by atoms with Gasteiger partial charge in [-0.25, -0.2) is 0 Å². The number of hydrogen-bond donors (Lipinski definition) is 0. The van der Waals surface area contributed by atoms with E-state index in [1.165, 1.54) is 57.0 Å². The van der Waals surface area contributed by atoms with Gasteiger partial charge in [0, 0.05) is 5.41 Å². The van der Waals surface area contributed by atoms with Crippen molar-refractivity contribution in [2.45, 2.75) is 76.9 Å². The standard InChI is InChI=1S/C26H36O2S/c1-3-17-9-11-20-18(15-17)10-12-22-21(20)13-14-26(2)23(22)16-24(25(26)27)29-28-19-7-5-4-6-8-19/h4-8,17-18,20-24H,3,9-16H2,1-2H3/t17-,18+,20-,21?,22+,23?,24?,26-/m0/s1. The van der Waals surface area contributed by atoms with Crippen LogP contribution in [0.1, 0.15) is 71.6 Å². The second-order valence-electron chi connectivity index (χ2n) is 10.6. The maximum Gasteiger partial charge on any atom is 0.155 e. The van der Waals surface area contributed by atoms with Gasteiger partial charge < -0.3 is 4.18 Å². The lowest BCUT2D eigenvalue weighted by atomic mass is 9.50. The first-order valence-electron chi connectivity index (χ1n) is 12.0. The molecule has 4 aliphatic rings. The van der Waals surface area contributed by atoms with Crippen molar-refractivity contribution >= 4 is 17.8 Å². The number of para-hydroxylation sites is 1. The van der Waals surface area contributed by atoms with Crippen LogP contribution < -0.4 is 4.18 Å². The fourth-order valence-corrected chi connectivity index (χ4v) is 8.74. The number of Topliss-reactive ketones (excluding diaryl/α,β-unsaturated/α-hetero) is 1. The molecule has 1 aromatic rings. The van der Waals surface area contributed by atoms with Gasteiger partial charge in [0.25, 0.3) is 0 Å². The Bertz CT molecular complexity index is 733. The number of hydrogen-bond acceptors (Lipinski definition) is 3. The van der Waals surface area contributed by atoms with E-state index in [-0.39, 0.29) is 10.7 Å². The van der Waals surface area contributed by atoms with Gasteiger partial charge in [0.1, 0.15) is 11.0 Å². The third kappa shape index (κ3) is 3.46. The lowest BCUT2D eigenvalue weighted by Crippen LogP contribution is -2.48. The van der Waals surface area contributed by atoms with Gasteiger partial charge in [0.05, 0.1) is 12.0 Å². The zero-order valence-electron chi connectivity index (χ0n) is 18.0. The van der Waals surface area contributed by atoms with Crippen molar-refractivity contribution in [3.05, 3.63) is 30.3 Å². The van der Waals surface area contributed by atoms with E-state index in [2.05, 4.69) is 13.8 Å². The van der Waals surface area contributed by atoms with E-state index in [4.69, 9.17) is 4.18 Å². The Labute approximate surface area is 180 Å². The highest BCUT2D eigenvalue weighted by molar-refractivity contribution is 7.96. The number of rotatable bonds is 4. The molecule has 29 heavy (non-hydrogen) atoms. The summed E-state index contributed by atoms with van der Waals surface area (Å²) in [5, 5.41) is 0.0116. The van der Waals surface area contributed by atoms with Gasteiger partial charge in [-0.05, 0) is 92.6 Å². The van der Waals surface area contributed by atoms with Gasteiger partial charge >= 0.3 is 0 Å². The molecule has 2 nitrogen and oxygen atoms in total. The van der Waals surface area contributed by atoms with Gasteiger partial charge in [-0.1, -0.05) is 44.9 Å². The number of benzene rings is 1.